The molecule has 0 aliphatic heterocycles. The Balaban J connectivity index is 1.88. The van der Waals surface area contributed by atoms with Crippen molar-refractivity contribution in [3.8, 4) is 11.3 Å². The van der Waals surface area contributed by atoms with Gasteiger partial charge in [0.25, 0.3) is 0 Å². The molecular weight excluding hydrogens is 256 g/mol. The van der Waals surface area contributed by atoms with Crippen LogP contribution < -0.4 is 0 Å². The third-order valence-corrected chi connectivity index (χ3v) is 2.98. The summed E-state index contributed by atoms with van der Waals surface area (Å²) in [6.07, 6.45) is 0.827. The lowest BCUT2D eigenvalue weighted by molar-refractivity contribution is -0.137. The van der Waals surface area contributed by atoms with Crippen LogP contribution in [0.25, 0.3) is 11.3 Å². The number of nitrogens with zero attached hydrogens (tertiary/aromatic N) is 2. The van der Waals surface area contributed by atoms with Gasteiger partial charge in [-0.2, -0.15) is 0 Å². The van der Waals surface area contributed by atoms with Gasteiger partial charge in [0.05, 0.1) is 5.69 Å². The van der Waals surface area contributed by atoms with E-state index in [1.54, 1.807) is 0 Å². The van der Waals surface area contributed by atoms with Gasteiger partial charge in [-0.05, 0) is 20.0 Å². The second kappa shape index (κ2) is 6.86. The van der Waals surface area contributed by atoms with Gasteiger partial charge in [-0.25, -0.2) is 0 Å². The molecule has 1 N–H and O–H groups in total. The molecule has 20 heavy (non-hydrogen) atoms. The molecule has 0 aliphatic rings. The zero-order valence-corrected chi connectivity index (χ0v) is 11.5. The van der Waals surface area contributed by atoms with Crippen LogP contribution in [0.5, 0.6) is 0 Å². The number of aromatic nitrogens is 1. The van der Waals surface area contributed by atoms with Gasteiger partial charge < -0.3 is 14.5 Å². The zero-order valence-electron chi connectivity index (χ0n) is 11.5. The molecule has 0 radical (unpaired) electrons. The molecule has 5 heteroatoms. The summed E-state index contributed by atoms with van der Waals surface area (Å²) in [5.41, 5.74) is 1.85. The number of aliphatic carboxylic acids is 1. The minimum absolute atomic E-state index is 0.193. The number of benzene rings is 1. The molecule has 0 bridgehead atoms. The molecule has 5 nitrogen and oxygen atoms in total. The molecule has 0 unspecified atom stereocenters. The minimum atomic E-state index is -0.758. The average Bonchev–Trinajstić information content (AvgIpc) is 2.88. The van der Waals surface area contributed by atoms with Crippen molar-refractivity contribution in [2.45, 2.75) is 19.4 Å². The van der Waals surface area contributed by atoms with Crippen molar-refractivity contribution in [1.29, 1.82) is 0 Å². The zero-order chi connectivity index (χ0) is 14.4. The van der Waals surface area contributed by atoms with E-state index >= 15 is 0 Å². The maximum Gasteiger partial charge on any atom is 0.303 e. The lowest BCUT2D eigenvalue weighted by atomic mass is 10.1. The maximum atomic E-state index is 10.5. The lowest BCUT2D eigenvalue weighted by Crippen LogP contribution is -2.19. The van der Waals surface area contributed by atoms with E-state index in [1.165, 1.54) is 0 Å². The maximum absolute atomic E-state index is 10.5. The van der Waals surface area contributed by atoms with Gasteiger partial charge in [0.15, 0.2) is 5.76 Å². The second-order valence-electron chi connectivity index (χ2n) is 4.78. The quantitative estimate of drug-likeness (QED) is 0.840. The van der Waals surface area contributed by atoms with Crippen LogP contribution in [0.1, 0.15) is 18.5 Å². The van der Waals surface area contributed by atoms with Crippen LogP contribution in [-0.4, -0.2) is 34.7 Å². The lowest BCUT2D eigenvalue weighted by Gasteiger charge is -2.13. The van der Waals surface area contributed by atoms with E-state index in [-0.39, 0.29) is 6.42 Å². The molecule has 2 rings (SSSR count). The van der Waals surface area contributed by atoms with Gasteiger partial charge in [-0.1, -0.05) is 35.5 Å². The first-order valence-electron chi connectivity index (χ1n) is 6.56. The predicted molar refractivity (Wildman–Crippen MR) is 75.1 cm³/mol. The highest BCUT2D eigenvalue weighted by Gasteiger charge is 2.09. The fourth-order valence-corrected chi connectivity index (χ4v) is 1.98. The van der Waals surface area contributed by atoms with Crippen LogP contribution in [0.4, 0.5) is 0 Å². The molecule has 1 aromatic carbocycles. The van der Waals surface area contributed by atoms with E-state index in [2.05, 4.69) is 5.16 Å². The van der Waals surface area contributed by atoms with Gasteiger partial charge in [-0.3, -0.25) is 4.79 Å². The van der Waals surface area contributed by atoms with Crippen LogP contribution in [0.15, 0.2) is 40.9 Å². The van der Waals surface area contributed by atoms with Crippen LogP contribution in [-0.2, 0) is 11.3 Å². The molecule has 0 saturated heterocycles. The average molecular weight is 274 g/mol. The van der Waals surface area contributed by atoms with Gasteiger partial charge in [0, 0.05) is 24.6 Å². The molecule has 0 atom stereocenters. The monoisotopic (exact) mass is 274 g/mol. The van der Waals surface area contributed by atoms with E-state index in [0.29, 0.717) is 13.0 Å². The van der Waals surface area contributed by atoms with Crippen molar-refractivity contribution in [3.05, 3.63) is 42.1 Å². The minimum Gasteiger partial charge on any atom is -0.481 e. The SMILES string of the molecule is CN(CCCC(=O)O)Cc1cc(-c2ccccc2)on1. The first kappa shape index (κ1) is 14.3. The Morgan fingerprint density at radius 3 is 2.80 bits per heavy atom. The summed E-state index contributed by atoms with van der Waals surface area (Å²) in [5.74, 6) is -0.00858. The van der Waals surface area contributed by atoms with E-state index < -0.39 is 5.97 Å². The molecule has 0 spiro atoms. The second-order valence-corrected chi connectivity index (χ2v) is 4.78. The Hall–Kier alpha value is -2.14. The molecule has 0 fully saturated rings. The number of rotatable bonds is 7. The summed E-state index contributed by atoms with van der Waals surface area (Å²) in [5, 5.41) is 12.6. The number of carboxylic acids is 1. The van der Waals surface area contributed by atoms with Gasteiger partial charge >= 0.3 is 5.97 Å². The fourth-order valence-electron chi connectivity index (χ4n) is 1.98. The third-order valence-electron chi connectivity index (χ3n) is 2.98. The van der Waals surface area contributed by atoms with Crippen molar-refractivity contribution in [2.75, 3.05) is 13.6 Å². The van der Waals surface area contributed by atoms with Crippen LogP contribution in [0.2, 0.25) is 0 Å². The van der Waals surface area contributed by atoms with Crippen LogP contribution in [0, 0.1) is 0 Å². The highest BCUT2D eigenvalue weighted by molar-refractivity contribution is 5.66. The summed E-state index contributed by atoms with van der Waals surface area (Å²) in [7, 11) is 1.94. The Labute approximate surface area is 117 Å². The third kappa shape index (κ3) is 4.20. The molecule has 0 aliphatic carbocycles. The largest absolute Gasteiger partial charge is 0.481 e. The smallest absolute Gasteiger partial charge is 0.303 e. The van der Waals surface area contributed by atoms with Gasteiger partial charge in [0.2, 0.25) is 0 Å². The Morgan fingerprint density at radius 1 is 1.35 bits per heavy atom. The van der Waals surface area contributed by atoms with Crippen LogP contribution >= 0.6 is 0 Å². The van der Waals surface area contributed by atoms with E-state index in [9.17, 15) is 4.79 Å². The van der Waals surface area contributed by atoms with E-state index in [1.807, 2.05) is 48.3 Å². The van der Waals surface area contributed by atoms with E-state index in [4.69, 9.17) is 9.63 Å². The normalized spacial score (nSPS) is 10.9. The Morgan fingerprint density at radius 2 is 2.10 bits per heavy atom. The van der Waals surface area contributed by atoms with E-state index in [0.717, 1.165) is 23.6 Å². The molecule has 1 heterocycles. The summed E-state index contributed by atoms with van der Waals surface area (Å²) in [6, 6.07) is 11.7. The number of carbonyl (C=O) groups is 1. The highest BCUT2D eigenvalue weighted by atomic mass is 16.5. The molecule has 0 amide bonds. The Kier molecular flexibility index (Phi) is 4.90. The number of hydrogen-bond acceptors (Lipinski definition) is 4. The fraction of sp³-hybridized carbons (Fsp3) is 0.333. The highest BCUT2D eigenvalue weighted by Crippen LogP contribution is 2.20. The van der Waals surface area contributed by atoms with Crippen molar-refractivity contribution in [2.24, 2.45) is 0 Å². The van der Waals surface area contributed by atoms with Crippen molar-refractivity contribution in [3.63, 3.8) is 0 Å². The molecule has 1 aromatic heterocycles. The van der Waals surface area contributed by atoms with Gasteiger partial charge in [-0.15, -0.1) is 0 Å². The number of hydrogen-bond donors (Lipinski definition) is 1. The molecule has 0 saturated carbocycles. The molecule has 2 aromatic rings. The standard InChI is InChI=1S/C15H18N2O3/c1-17(9-5-8-15(18)19)11-13-10-14(20-16-13)12-6-3-2-4-7-12/h2-4,6-7,10H,5,8-9,11H2,1H3,(H,18,19). The predicted octanol–water partition coefficient (Wildman–Crippen LogP) is 2.64. The summed E-state index contributed by atoms with van der Waals surface area (Å²) in [4.78, 5) is 12.5. The summed E-state index contributed by atoms with van der Waals surface area (Å²) in [6.45, 7) is 1.37. The topological polar surface area (TPSA) is 66.6 Å². The first-order valence-corrected chi connectivity index (χ1v) is 6.56. The summed E-state index contributed by atoms with van der Waals surface area (Å²) < 4.78 is 5.32. The van der Waals surface area contributed by atoms with Crippen LogP contribution in [0.3, 0.4) is 0 Å². The molecular formula is C15H18N2O3. The van der Waals surface area contributed by atoms with Crippen molar-refractivity contribution >= 4 is 5.97 Å². The summed E-state index contributed by atoms with van der Waals surface area (Å²) >= 11 is 0. The number of carboxylic acid groups (broad SMARTS) is 1. The van der Waals surface area contributed by atoms with Gasteiger partial charge in [0.1, 0.15) is 0 Å². The first-order chi connectivity index (χ1) is 9.65. The van der Waals surface area contributed by atoms with Crippen molar-refractivity contribution < 1.29 is 14.4 Å². The van der Waals surface area contributed by atoms with Crippen molar-refractivity contribution in [1.82, 2.24) is 10.1 Å². The molecule has 106 valence electrons. The Bertz CT molecular complexity index is 551.